The van der Waals surface area contributed by atoms with Gasteiger partial charge < -0.3 is 0 Å². The Balaban J connectivity index is 2.04. The van der Waals surface area contributed by atoms with Gasteiger partial charge in [-0.3, -0.25) is 0 Å². The monoisotopic (exact) mass is 375 g/mol. The van der Waals surface area contributed by atoms with Gasteiger partial charge in [0.15, 0.2) is 5.65 Å². The normalized spacial score (nSPS) is 14.3. The molecule has 0 saturated heterocycles. The summed E-state index contributed by atoms with van der Waals surface area (Å²) in [5, 5.41) is 5.36. The molecule has 0 aliphatic heterocycles. The second-order valence-corrected chi connectivity index (χ2v) is 7.01. The summed E-state index contributed by atoms with van der Waals surface area (Å²) >= 11 is 10.2. The van der Waals surface area contributed by atoms with Crippen molar-refractivity contribution >= 4 is 33.2 Å². The molecule has 5 heteroatoms. The zero-order valence-corrected chi connectivity index (χ0v) is 14.6. The molecule has 0 amide bonds. The van der Waals surface area contributed by atoms with Gasteiger partial charge in [-0.05, 0) is 50.3 Å². The van der Waals surface area contributed by atoms with E-state index in [2.05, 4.69) is 33.2 Å². The highest BCUT2D eigenvalue weighted by Gasteiger charge is 2.21. The molecule has 3 nitrogen and oxygen atoms in total. The minimum absolute atomic E-state index is 0.726. The van der Waals surface area contributed by atoms with Crippen molar-refractivity contribution < 1.29 is 0 Å². The average molecular weight is 377 g/mol. The number of hydrogen-bond donors (Lipinski definition) is 0. The average Bonchev–Trinajstić information content (AvgIpc) is 2.84. The number of aromatic nitrogens is 3. The molecule has 0 N–H and O–H groups in total. The van der Waals surface area contributed by atoms with E-state index in [0.717, 1.165) is 50.6 Å². The Labute approximate surface area is 142 Å². The maximum Gasteiger partial charge on any atom is 0.165 e. The van der Waals surface area contributed by atoms with E-state index in [4.69, 9.17) is 16.6 Å². The number of benzene rings is 1. The first-order valence-corrected chi connectivity index (χ1v) is 8.65. The first-order valence-electron chi connectivity index (χ1n) is 7.47. The van der Waals surface area contributed by atoms with Crippen LogP contribution in [0.5, 0.6) is 0 Å². The SMILES string of the molecule is Cc1nn2c(Cl)c3c(nc2c1-c1cccc(Br)c1)CCCC3. The molecule has 0 atom stereocenters. The van der Waals surface area contributed by atoms with E-state index >= 15 is 0 Å². The first kappa shape index (κ1) is 14.2. The predicted octanol–water partition coefficient (Wildman–Crippen LogP) is 5.00. The number of fused-ring (bicyclic) bond motifs is 2. The van der Waals surface area contributed by atoms with Gasteiger partial charge >= 0.3 is 0 Å². The van der Waals surface area contributed by atoms with Gasteiger partial charge in [-0.15, -0.1) is 0 Å². The molecule has 0 radical (unpaired) electrons. The van der Waals surface area contributed by atoms with Crippen molar-refractivity contribution in [3.05, 3.63) is 50.8 Å². The summed E-state index contributed by atoms with van der Waals surface area (Å²) in [6.07, 6.45) is 4.38. The summed E-state index contributed by atoms with van der Waals surface area (Å²) < 4.78 is 2.85. The molecule has 2 heterocycles. The second kappa shape index (κ2) is 5.36. The molecule has 1 aliphatic rings. The maximum absolute atomic E-state index is 6.61. The Kier molecular flexibility index (Phi) is 3.46. The highest BCUT2D eigenvalue weighted by atomic mass is 79.9. The number of aryl methyl sites for hydroxylation is 2. The molecule has 1 aromatic carbocycles. The number of rotatable bonds is 1. The van der Waals surface area contributed by atoms with Crippen molar-refractivity contribution in [3.8, 4) is 11.1 Å². The van der Waals surface area contributed by atoms with Gasteiger partial charge in [0.25, 0.3) is 0 Å². The standard InChI is InChI=1S/C17H15BrClN3/c1-10-15(11-5-4-6-12(18)9-11)17-20-14-8-3-2-7-13(14)16(19)22(17)21-10/h4-6,9H,2-3,7-8H2,1H3. The van der Waals surface area contributed by atoms with Crippen LogP contribution >= 0.6 is 27.5 Å². The van der Waals surface area contributed by atoms with Gasteiger partial charge in [-0.1, -0.05) is 39.7 Å². The van der Waals surface area contributed by atoms with Crippen LogP contribution < -0.4 is 0 Å². The molecule has 0 fully saturated rings. The Morgan fingerprint density at radius 1 is 1.23 bits per heavy atom. The maximum atomic E-state index is 6.61. The van der Waals surface area contributed by atoms with Crippen molar-refractivity contribution in [2.24, 2.45) is 0 Å². The van der Waals surface area contributed by atoms with Gasteiger partial charge in [0, 0.05) is 21.3 Å². The number of nitrogens with zero attached hydrogens (tertiary/aromatic N) is 3. The summed E-state index contributed by atoms with van der Waals surface area (Å²) in [6, 6.07) is 8.23. The zero-order chi connectivity index (χ0) is 15.3. The third-order valence-corrected chi connectivity index (χ3v) is 5.15. The fraction of sp³-hybridized carbons (Fsp3) is 0.294. The molecule has 3 aromatic rings. The van der Waals surface area contributed by atoms with E-state index in [1.54, 1.807) is 4.52 Å². The second-order valence-electron chi connectivity index (χ2n) is 5.74. The van der Waals surface area contributed by atoms with Crippen molar-refractivity contribution in [2.45, 2.75) is 32.6 Å². The van der Waals surface area contributed by atoms with Gasteiger partial charge in [-0.25, -0.2) is 9.50 Å². The van der Waals surface area contributed by atoms with Crippen LogP contribution in [0.2, 0.25) is 5.15 Å². The lowest BCUT2D eigenvalue weighted by atomic mass is 9.97. The Morgan fingerprint density at radius 2 is 2.05 bits per heavy atom. The molecule has 0 bridgehead atoms. The third kappa shape index (κ3) is 2.17. The summed E-state index contributed by atoms with van der Waals surface area (Å²) in [4.78, 5) is 4.90. The van der Waals surface area contributed by atoms with E-state index < -0.39 is 0 Å². The smallest absolute Gasteiger partial charge is 0.165 e. The molecule has 0 saturated carbocycles. The summed E-state index contributed by atoms with van der Waals surface area (Å²) in [5.41, 5.74) is 6.30. The molecule has 22 heavy (non-hydrogen) atoms. The zero-order valence-electron chi connectivity index (χ0n) is 12.2. The molecular weight excluding hydrogens is 362 g/mol. The lowest BCUT2D eigenvalue weighted by Crippen LogP contribution is -2.10. The van der Waals surface area contributed by atoms with Crippen LogP contribution in [0.15, 0.2) is 28.7 Å². The predicted molar refractivity (Wildman–Crippen MR) is 92.5 cm³/mol. The van der Waals surface area contributed by atoms with E-state index in [-0.39, 0.29) is 0 Å². The van der Waals surface area contributed by atoms with Gasteiger partial charge in [-0.2, -0.15) is 5.10 Å². The highest BCUT2D eigenvalue weighted by Crippen LogP contribution is 2.34. The molecular formula is C17H15BrClN3. The number of halogens is 2. The molecule has 112 valence electrons. The first-order chi connectivity index (χ1) is 10.6. The van der Waals surface area contributed by atoms with Gasteiger partial charge in [0.1, 0.15) is 5.15 Å². The lowest BCUT2D eigenvalue weighted by molar-refractivity contribution is 0.660. The van der Waals surface area contributed by atoms with Gasteiger partial charge in [0.05, 0.1) is 5.69 Å². The molecule has 2 aromatic heterocycles. The molecule has 0 unspecified atom stereocenters. The van der Waals surface area contributed by atoms with Crippen molar-refractivity contribution in [1.29, 1.82) is 0 Å². The van der Waals surface area contributed by atoms with E-state index in [9.17, 15) is 0 Å². The molecule has 0 spiro atoms. The summed E-state index contributed by atoms with van der Waals surface area (Å²) in [7, 11) is 0. The third-order valence-electron chi connectivity index (χ3n) is 4.26. The Hall–Kier alpha value is -1.39. The minimum atomic E-state index is 0.726. The van der Waals surface area contributed by atoms with Crippen LogP contribution in [-0.4, -0.2) is 14.6 Å². The van der Waals surface area contributed by atoms with Crippen molar-refractivity contribution in [1.82, 2.24) is 14.6 Å². The van der Waals surface area contributed by atoms with Crippen LogP contribution in [0, 0.1) is 6.92 Å². The van der Waals surface area contributed by atoms with E-state index in [0.29, 0.717) is 0 Å². The lowest BCUT2D eigenvalue weighted by Gasteiger charge is -2.16. The van der Waals surface area contributed by atoms with Crippen molar-refractivity contribution in [2.75, 3.05) is 0 Å². The fourth-order valence-electron chi connectivity index (χ4n) is 3.23. The van der Waals surface area contributed by atoms with E-state index in [1.807, 2.05) is 19.1 Å². The largest absolute Gasteiger partial charge is 0.233 e. The molecule has 4 rings (SSSR count). The summed E-state index contributed by atoms with van der Waals surface area (Å²) in [5.74, 6) is 0. The fourth-order valence-corrected chi connectivity index (χ4v) is 3.95. The van der Waals surface area contributed by atoms with Crippen LogP contribution in [0.3, 0.4) is 0 Å². The van der Waals surface area contributed by atoms with Crippen LogP contribution in [0.4, 0.5) is 0 Å². The Bertz CT molecular complexity index is 885. The number of hydrogen-bond acceptors (Lipinski definition) is 2. The highest BCUT2D eigenvalue weighted by molar-refractivity contribution is 9.10. The quantitative estimate of drug-likeness (QED) is 0.559. The summed E-state index contributed by atoms with van der Waals surface area (Å²) in [6.45, 7) is 2.01. The van der Waals surface area contributed by atoms with Crippen LogP contribution in [-0.2, 0) is 12.8 Å². The molecule has 1 aliphatic carbocycles. The van der Waals surface area contributed by atoms with Gasteiger partial charge in [0.2, 0.25) is 0 Å². The van der Waals surface area contributed by atoms with Crippen LogP contribution in [0.1, 0.15) is 29.8 Å². The van der Waals surface area contributed by atoms with Crippen LogP contribution in [0.25, 0.3) is 16.8 Å². The Morgan fingerprint density at radius 3 is 2.86 bits per heavy atom. The topological polar surface area (TPSA) is 30.2 Å². The van der Waals surface area contributed by atoms with Crippen molar-refractivity contribution in [3.63, 3.8) is 0 Å². The van der Waals surface area contributed by atoms with E-state index in [1.165, 1.54) is 18.4 Å². The minimum Gasteiger partial charge on any atom is -0.233 e.